The molecule has 0 spiro atoms. The second-order valence-electron chi connectivity index (χ2n) is 5.32. The highest BCUT2D eigenvalue weighted by molar-refractivity contribution is 5.94. The molecule has 1 atom stereocenters. The summed E-state index contributed by atoms with van der Waals surface area (Å²) in [5.74, 6) is -1.43. The van der Waals surface area contributed by atoms with E-state index in [4.69, 9.17) is 5.11 Å². The number of aliphatic carboxylic acids is 1. The number of rotatable bonds is 3. The van der Waals surface area contributed by atoms with Gasteiger partial charge in [-0.25, -0.2) is 9.67 Å². The topological polar surface area (TPSA) is 88.3 Å². The molecular weight excluding hydrogens is 284 g/mol. The molecule has 1 N–H and O–H groups in total. The number of likely N-dealkylation sites (tertiary alicyclic amines) is 1. The maximum atomic E-state index is 12.5. The lowest BCUT2D eigenvalue weighted by atomic mass is 9.97. The summed E-state index contributed by atoms with van der Waals surface area (Å²) in [4.78, 5) is 29.0. The molecule has 0 radical (unpaired) electrons. The summed E-state index contributed by atoms with van der Waals surface area (Å²) in [5.41, 5.74) is 1.37. The third kappa shape index (κ3) is 2.83. The molecule has 1 aliphatic rings. The fraction of sp³-hybridized carbons (Fsp3) is 0.333. The molecule has 0 bridgehead atoms. The van der Waals surface area contributed by atoms with Crippen LogP contribution in [0.25, 0.3) is 5.69 Å². The van der Waals surface area contributed by atoms with Gasteiger partial charge in [-0.2, -0.15) is 5.10 Å². The number of hydrogen-bond acceptors (Lipinski definition) is 4. The lowest BCUT2D eigenvalue weighted by Crippen LogP contribution is -2.42. The minimum Gasteiger partial charge on any atom is -0.481 e. The molecular formula is C15H16N4O3. The van der Waals surface area contributed by atoms with Gasteiger partial charge in [0.2, 0.25) is 0 Å². The fourth-order valence-corrected chi connectivity index (χ4v) is 2.64. The monoisotopic (exact) mass is 300 g/mol. The Morgan fingerprint density at radius 1 is 1.23 bits per heavy atom. The van der Waals surface area contributed by atoms with Crippen molar-refractivity contribution in [2.24, 2.45) is 5.92 Å². The zero-order valence-corrected chi connectivity index (χ0v) is 11.9. The molecule has 0 saturated carbocycles. The van der Waals surface area contributed by atoms with Gasteiger partial charge >= 0.3 is 5.97 Å². The Kier molecular flexibility index (Phi) is 3.86. The second-order valence-corrected chi connectivity index (χ2v) is 5.32. The van der Waals surface area contributed by atoms with E-state index in [1.807, 2.05) is 0 Å². The van der Waals surface area contributed by atoms with Gasteiger partial charge in [0.15, 0.2) is 0 Å². The van der Waals surface area contributed by atoms with Crippen LogP contribution in [0.5, 0.6) is 0 Å². The highest BCUT2D eigenvalue weighted by Crippen LogP contribution is 2.19. The van der Waals surface area contributed by atoms with E-state index in [9.17, 15) is 9.59 Å². The summed E-state index contributed by atoms with van der Waals surface area (Å²) in [7, 11) is 0. The summed E-state index contributed by atoms with van der Waals surface area (Å²) in [6.07, 6.45) is 4.38. The van der Waals surface area contributed by atoms with Crippen LogP contribution in [0.15, 0.2) is 36.9 Å². The van der Waals surface area contributed by atoms with Crippen molar-refractivity contribution in [3.63, 3.8) is 0 Å². The normalized spacial score (nSPS) is 18.2. The average molecular weight is 300 g/mol. The summed E-state index contributed by atoms with van der Waals surface area (Å²) in [5, 5.41) is 13.1. The molecule has 0 unspecified atom stereocenters. The molecule has 1 amide bonds. The molecule has 1 aliphatic heterocycles. The highest BCUT2D eigenvalue weighted by Gasteiger charge is 2.28. The number of amides is 1. The zero-order chi connectivity index (χ0) is 15.5. The van der Waals surface area contributed by atoms with Crippen LogP contribution in [-0.4, -0.2) is 49.7 Å². The standard InChI is InChI=1S/C15H16N4O3/c20-14(18-7-1-2-12(8-18)15(21)22)11-3-5-13(6-4-11)19-10-16-9-17-19/h3-6,9-10,12H,1-2,7-8H2,(H,21,22)/t12-/m1/s1. The molecule has 2 aromatic rings. The predicted octanol–water partition coefficient (Wildman–Crippen LogP) is 1.20. The van der Waals surface area contributed by atoms with Crippen LogP contribution in [0.4, 0.5) is 0 Å². The van der Waals surface area contributed by atoms with E-state index >= 15 is 0 Å². The van der Waals surface area contributed by atoms with Gasteiger partial charge in [-0.15, -0.1) is 0 Å². The zero-order valence-electron chi connectivity index (χ0n) is 11.9. The quantitative estimate of drug-likeness (QED) is 0.920. The van der Waals surface area contributed by atoms with E-state index in [0.717, 1.165) is 12.1 Å². The van der Waals surface area contributed by atoms with Crippen molar-refractivity contribution in [1.29, 1.82) is 0 Å². The van der Waals surface area contributed by atoms with Crippen molar-refractivity contribution >= 4 is 11.9 Å². The number of nitrogens with zero attached hydrogens (tertiary/aromatic N) is 4. The van der Waals surface area contributed by atoms with Crippen LogP contribution >= 0.6 is 0 Å². The van der Waals surface area contributed by atoms with Gasteiger partial charge in [-0.05, 0) is 37.1 Å². The van der Waals surface area contributed by atoms with Gasteiger partial charge in [-0.1, -0.05) is 0 Å². The van der Waals surface area contributed by atoms with E-state index in [2.05, 4.69) is 10.1 Å². The molecule has 1 fully saturated rings. The first-order valence-corrected chi connectivity index (χ1v) is 7.12. The van der Waals surface area contributed by atoms with Gasteiger partial charge < -0.3 is 10.0 Å². The fourth-order valence-electron chi connectivity index (χ4n) is 2.64. The molecule has 1 saturated heterocycles. The molecule has 22 heavy (non-hydrogen) atoms. The number of hydrogen-bond donors (Lipinski definition) is 1. The Hall–Kier alpha value is -2.70. The largest absolute Gasteiger partial charge is 0.481 e. The van der Waals surface area contributed by atoms with Gasteiger partial charge in [0.05, 0.1) is 11.6 Å². The maximum Gasteiger partial charge on any atom is 0.308 e. The molecule has 7 nitrogen and oxygen atoms in total. The van der Waals surface area contributed by atoms with Crippen LogP contribution in [0, 0.1) is 5.92 Å². The number of carboxylic acid groups (broad SMARTS) is 1. The summed E-state index contributed by atoms with van der Waals surface area (Å²) in [6, 6.07) is 7.04. The van der Waals surface area contributed by atoms with Crippen LogP contribution in [0.2, 0.25) is 0 Å². The number of carbonyl (C=O) groups is 2. The Balaban J connectivity index is 1.73. The number of piperidine rings is 1. The minimum absolute atomic E-state index is 0.129. The Morgan fingerprint density at radius 3 is 2.64 bits per heavy atom. The van der Waals surface area contributed by atoms with Crippen LogP contribution < -0.4 is 0 Å². The first kappa shape index (κ1) is 14.2. The van der Waals surface area contributed by atoms with E-state index in [1.165, 1.54) is 6.33 Å². The molecule has 1 aromatic heterocycles. The Morgan fingerprint density at radius 2 is 2.00 bits per heavy atom. The van der Waals surface area contributed by atoms with E-state index in [0.29, 0.717) is 18.5 Å². The molecule has 1 aromatic carbocycles. The van der Waals surface area contributed by atoms with E-state index < -0.39 is 11.9 Å². The number of carbonyl (C=O) groups excluding carboxylic acids is 1. The SMILES string of the molecule is O=C(O)[C@@H]1CCCN(C(=O)c2ccc(-n3cncn3)cc2)C1. The number of carboxylic acids is 1. The summed E-state index contributed by atoms with van der Waals surface area (Å²) >= 11 is 0. The Labute approximate surface area is 127 Å². The molecule has 0 aliphatic carbocycles. The molecule has 7 heteroatoms. The van der Waals surface area contributed by atoms with Gasteiger partial charge in [-0.3, -0.25) is 9.59 Å². The third-order valence-corrected chi connectivity index (χ3v) is 3.86. The van der Waals surface area contributed by atoms with Crippen LogP contribution in [0.1, 0.15) is 23.2 Å². The van der Waals surface area contributed by atoms with Crippen molar-refractivity contribution in [2.45, 2.75) is 12.8 Å². The van der Waals surface area contributed by atoms with Crippen molar-refractivity contribution < 1.29 is 14.7 Å². The number of benzene rings is 1. The summed E-state index contributed by atoms with van der Waals surface area (Å²) < 4.78 is 1.61. The lowest BCUT2D eigenvalue weighted by molar-refractivity contribution is -0.143. The van der Waals surface area contributed by atoms with Crippen molar-refractivity contribution in [1.82, 2.24) is 19.7 Å². The van der Waals surface area contributed by atoms with Gasteiger partial charge in [0.25, 0.3) is 5.91 Å². The Bertz CT molecular complexity index is 667. The minimum atomic E-state index is -0.834. The van der Waals surface area contributed by atoms with Gasteiger partial charge in [0.1, 0.15) is 12.7 Å². The molecule has 3 rings (SSSR count). The smallest absolute Gasteiger partial charge is 0.308 e. The number of aromatic nitrogens is 3. The molecule has 114 valence electrons. The molecule has 2 heterocycles. The third-order valence-electron chi connectivity index (χ3n) is 3.86. The van der Waals surface area contributed by atoms with Crippen LogP contribution in [0.3, 0.4) is 0 Å². The highest BCUT2D eigenvalue weighted by atomic mass is 16.4. The van der Waals surface area contributed by atoms with Crippen molar-refractivity contribution in [2.75, 3.05) is 13.1 Å². The van der Waals surface area contributed by atoms with E-state index in [1.54, 1.807) is 40.2 Å². The average Bonchev–Trinajstić information content (AvgIpc) is 3.09. The first-order chi connectivity index (χ1) is 10.6. The van der Waals surface area contributed by atoms with Gasteiger partial charge in [0, 0.05) is 18.7 Å². The lowest BCUT2D eigenvalue weighted by Gasteiger charge is -2.30. The van der Waals surface area contributed by atoms with Crippen LogP contribution in [-0.2, 0) is 4.79 Å². The summed E-state index contributed by atoms with van der Waals surface area (Å²) in [6.45, 7) is 0.881. The first-order valence-electron chi connectivity index (χ1n) is 7.12. The van der Waals surface area contributed by atoms with E-state index in [-0.39, 0.29) is 12.5 Å². The maximum absolute atomic E-state index is 12.5. The predicted molar refractivity (Wildman–Crippen MR) is 77.6 cm³/mol. The van der Waals surface area contributed by atoms with Crippen molar-refractivity contribution in [3.8, 4) is 5.69 Å². The van der Waals surface area contributed by atoms with Crippen molar-refractivity contribution in [3.05, 3.63) is 42.5 Å². The second kappa shape index (κ2) is 5.97.